The van der Waals surface area contributed by atoms with E-state index < -0.39 is 6.17 Å². The first-order valence-electron chi connectivity index (χ1n) is 5.06. The van der Waals surface area contributed by atoms with Gasteiger partial charge in [0.05, 0.1) is 0 Å². The molecule has 12 heavy (non-hydrogen) atoms. The molecule has 1 N–H and O–H groups in total. The van der Waals surface area contributed by atoms with E-state index >= 15 is 0 Å². The lowest BCUT2D eigenvalue weighted by Gasteiger charge is -2.06. The molecule has 0 aromatic heterocycles. The lowest BCUT2D eigenvalue weighted by atomic mass is 10.1. The summed E-state index contributed by atoms with van der Waals surface area (Å²) in [5.74, 6) is 0. The molecule has 0 aromatic rings. The summed E-state index contributed by atoms with van der Waals surface area (Å²) in [5, 5.41) is 8.47. The number of alkyl halides is 1. The number of unbranched alkanes of at least 4 members (excludes halogenated alkanes) is 3. The van der Waals surface area contributed by atoms with Crippen LogP contribution in [0.5, 0.6) is 0 Å². The summed E-state index contributed by atoms with van der Waals surface area (Å²) in [4.78, 5) is 0. The van der Waals surface area contributed by atoms with Crippen molar-refractivity contribution in [2.75, 3.05) is 6.61 Å². The Morgan fingerprint density at radius 3 is 2.17 bits per heavy atom. The first-order valence-corrected chi connectivity index (χ1v) is 5.06. The smallest absolute Gasteiger partial charge is 0.100 e. The monoisotopic (exact) mass is 176 g/mol. The van der Waals surface area contributed by atoms with Gasteiger partial charge >= 0.3 is 0 Å². The highest BCUT2D eigenvalue weighted by Gasteiger charge is 2.04. The zero-order valence-electron chi connectivity index (χ0n) is 8.06. The molecule has 74 valence electrons. The molecule has 0 saturated carbocycles. The minimum Gasteiger partial charge on any atom is -0.396 e. The Labute approximate surface area is 75.0 Å². The van der Waals surface area contributed by atoms with Crippen molar-refractivity contribution in [2.45, 2.75) is 58.0 Å². The molecule has 0 unspecified atom stereocenters. The summed E-state index contributed by atoms with van der Waals surface area (Å²) in [6.45, 7) is 2.32. The van der Waals surface area contributed by atoms with E-state index in [1.54, 1.807) is 0 Å². The van der Waals surface area contributed by atoms with Crippen molar-refractivity contribution >= 4 is 0 Å². The molecule has 0 bridgehead atoms. The van der Waals surface area contributed by atoms with Crippen LogP contribution in [0.4, 0.5) is 4.39 Å². The van der Waals surface area contributed by atoms with Crippen LogP contribution in [0.2, 0.25) is 0 Å². The van der Waals surface area contributed by atoms with Gasteiger partial charge in [-0.3, -0.25) is 0 Å². The fourth-order valence-electron chi connectivity index (χ4n) is 1.24. The maximum absolute atomic E-state index is 13.0. The Morgan fingerprint density at radius 2 is 1.67 bits per heavy atom. The first-order chi connectivity index (χ1) is 5.81. The number of hydrogen-bond donors (Lipinski definition) is 1. The summed E-state index contributed by atoms with van der Waals surface area (Å²) in [6.07, 6.45) is 5.57. The maximum Gasteiger partial charge on any atom is 0.100 e. The molecule has 0 rings (SSSR count). The third-order valence-corrected chi connectivity index (χ3v) is 2.05. The topological polar surface area (TPSA) is 20.2 Å². The molecule has 0 radical (unpaired) electrons. The van der Waals surface area contributed by atoms with Gasteiger partial charge in [0, 0.05) is 6.61 Å². The molecule has 0 aliphatic heterocycles. The lowest BCUT2D eigenvalue weighted by Crippen LogP contribution is -2.00. The van der Waals surface area contributed by atoms with Crippen molar-refractivity contribution in [3.8, 4) is 0 Å². The van der Waals surface area contributed by atoms with Gasteiger partial charge in [-0.25, -0.2) is 4.39 Å². The molecule has 0 aliphatic rings. The van der Waals surface area contributed by atoms with Crippen LogP contribution < -0.4 is 0 Å². The second-order valence-corrected chi connectivity index (χ2v) is 3.31. The molecule has 1 nitrogen and oxygen atoms in total. The average Bonchev–Trinajstić information content (AvgIpc) is 2.06. The predicted molar refractivity (Wildman–Crippen MR) is 50.0 cm³/mol. The number of halogens is 1. The zero-order valence-corrected chi connectivity index (χ0v) is 8.06. The molecule has 1 atom stereocenters. The van der Waals surface area contributed by atoms with Crippen molar-refractivity contribution in [3.63, 3.8) is 0 Å². The minimum absolute atomic E-state index is 0.196. The van der Waals surface area contributed by atoms with Gasteiger partial charge in [0.25, 0.3) is 0 Å². The quantitative estimate of drug-likeness (QED) is 0.563. The van der Waals surface area contributed by atoms with Crippen molar-refractivity contribution < 1.29 is 9.50 Å². The van der Waals surface area contributed by atoms with Gasteiger partial charge in [-0.05, 0) is 25.7 Å². The molecular weight excluding hydrogens is 155 g/mol. The van der Waals surface area contributed by atoms with Crippen molar-refractivity contribution in [1.82, 2.24) is 0 Å². The molecule has 2 heteroatoms. The Hall–Kier alpha value is -0.110. The summed E-state index contributed by atoms with van der Waals surface area (Å²) in [6, 6.07) is 0. The van der Waals surface area contributed by atoms with Crippen LogP contribution in [0.25, 0.3) is 0 Å². The summed E-state index contributed by atoms with van der Waals surface area (Å²) >= 11 is 0. The average molecular weight is 176 g/mol. The highest BCUT2D eigenvalue weighted by Crippen LogP contribution is 2.12. The minimum atomic E-state index is -0.636. The summed E-state index contributed by atoms with van der Waals surface area (Å²) < 4.78 is 13.0. The first kappa shape index (κ1) is 11.9. The molecule has 0 fully saturated rings. The van der Waals surface area contributed by atoms with E-state index in [9.17, 15) is 4.39 Å². The normalized spacial score (nSPS) is 13.2. The van der Waals surface area contributed by atoms with Crippen LogP contribution in [0, 0.1) is 0 Å². The van der Waals surface area contributed by atoms with Crippen molar-refractivity contribution in [2.24, 2.45) is 0 Å². The van der Waals surface area contributed by atoms with E-state index in [2.05, 4.69) is 6.92 Å². The van der Waals surface area contributed by atoms with E-state index in [1.807, 2.05) is 0 Å². The standard InChI is InChI=1S/C10H21FO/c1-2-3-4-7-10(11)8-5-6-9-12/h10,12H,2-9H2,1H3/t10-/m1/s1. The van der Waals surface area contributed by atoms with E-state index in [1.165, 1.54) is 0 Å². The van der Waals surface area contributed by atoms with Crippen LogP contribution >= 0.6 is 0 Å². The highest BCUT2D eigenvalue weighted by molar-refractivity contribution is 4.56. The number of hydrogen-bond acceptors (Lipinski definition) is 1. The second-order valence-electron chi connectivity index (χ2n) is 3.31. The number of aliphatic hydroxyl groups excluding tert-OH is 1. The van der Waals surface area contributed by atoms with Crippen LogP contribution in [-0.4, -0.2) is 17.9 Å². The SMILES string of the molecule is CCCCC[C@@H](F)CCCCO. The zero-order chi connectivity index (χ0) is 9.23. The van der Waals surface area contributed by atoms with E-state index in [4.69, 9.17) is 5.11 Å². The largest absolute Gasteiger partial charge is 0.396 e. The van der Waals surface area contributed by atoms with Crippen LogP contribution in [0.1, 0.15) is 51.9 Å². The van der Waals surface area contributed by atoms with Gasteiger partial charge in [-0.2, -0.15) is 0 Å². The van der Waals surface area contributed by atoms with E-state index in [0.717, 1.165) is 32.1 Å². The van der Waals surface area contributed by atoms with Gasteiger partial charge in [0.15, 0.2) is 0 Å². The van der Waals surface area contributed by atoms with E-state index in [-0.39, 0.29) is 6.61 Å². The molecule has 0 saturated heterocycles. The molecular formula is C10H21FO. The third-order valence-electron chi connectivity index (χ3n) is 2.05. The van der Waals surface area contributed by atoms with Crippen molar-refractivity contribution in [1.29, 1.82) is 0 Å². The van der Waals surface area contributed by atoms with E-state index in [0.29, 0.717) is 12.8 Å². The number of aliphatic hydroxyl groups is 1. The van der Waals surface area contributed by atoms with Crippen LogP contribution in [0.3, 0.4) is 0 Å². The van der Waals surface area contributed by atoms with Gasteiger partial charge in [-0.1, -0.05) is 26.2 Å². The maximum atomic E-state index is 13.0. The Bertz CT molecular complexity index is 75.9. The second kappa shape index (κ2) is 8.98. The van der Waals surface area contributed by atoms with Gasteiger partial charge in [0.1, 0.15) is 6.17 Å². The molecule has 0 spiro atoms. The molecule has 0 amide bonds. The fourth-order valence-corrected chi connectivity index (χ4v) is 1.24. The summed E-state index contributed by atoms with van der Waals surface area (Å²) in [7, 11) is 0. The Kier molecular flexibility index (Phi) is 8.90. The van der Waals surface area contributed by atoms with Gasteiger partial charge in [0.2, 0.25) is 0 Å². The highest BCUT2D eigenvalue weighted by atomic mass is 19.1. The Morgan fingerprint density at radius 1 is 1.08 bits per heavy atom. The number of rotatable bonds is 8. The Balaban J connectivity index is 3.04. The van der Waals surface area contributed by atoms with Crippen molar-refractivity contribution in [3.05, 3.63) is 0 Å². The van der Waals surface area contributed by atoms with Gasteiger partial charge < -0.3 is 5.11 Å². The van der Waals surface area contributed by atoms with Crippen LogP contribution in [0.15, 0.2) is 0 Å². The van der Waals surface area contributed by atoms with Gasteiger partial charge in [-0.15, -0.1) is 0 Å². The lowest BCUT2D eigenvalue weighted by molar-refractivity contribution is 0.251. The predicted octanol–water partition coefficient (Wildman–Crippen LogP) is 3.07. The molecule has 0 aromatic carbocycles. The molecule has 0 aliphatic carbocycles. The summed E-state index contributed by atoms with van der Waals surface area (Å²) in [5.41, 5.74) is 0. The van der Waals surface area contributed by atoms with Crippen LogP contribution in [-0.2, 0) is 0 Å². The molecule has 0 heterocycles. The fraction of sp³-hybridized carbons (Fsp3) is 1.00. The third kappa shape index (κ3) is 7.99.